The molecule has 0 saturated heterocycles. The Balaban J connectivity index is 1.55. The number of aryl methyl sites for hydroxylation is 3. The van der Waals surface area contributed by atoms with Gasteiger partial charge in [0.25, 0.3) is 6.43 Å². The lowest BCUT2D eigenvalue weighted by molar-refractivity contribution is -0.00817. The Morgan fingerprint density at radius 3 is 2.70 bits per heavy atom. The molecule has 0 spiro atoms. The first kappa shape index (κ1) is 20.3. The summed E-state index contributed by atoms with van der Waals surface area (Å²) in [6.45, 7) is 4.16. The van der Waals surface area contributed by atoms with E-state index < -0.39 is 12.5 Å². The predicted octanol–water partition coefficient (Wildman–Crippen LogP) is 3.37. The van der Waals surface area contributed by atoms with E-state index in [1.807, 2.05) is 25.3 Å². The summed E-state index contributed by atoms with van der Waals surface area (Å²) in [4.78, 5) is 13.0. The number of hydrogen-bond acceptors (Lipinski definition) is 6. The molecule has 3 aromatic rings. The minimum atomic E-state index is -2.95. The Bertz CT molecular complexity index is 1040. The van der Waals surface area contributed by atoms with Crippen molar-refractivity contribution in [2.75, 3.05) is 6.61 Å². The second-order valence-corrected chi connectivity index (χ2v) is 7.69. The molecule has 0 bridgehead atoms. The molecule has 3 atom stereocenters. The van der Waals surface area contributed by atoms with E-state index in [1.54, 1.807) is 20.2 Å². The molecule has 0 radical (unpaired) electrons. The van der Waals surface area contributed by atoms with Crippen molar-refractivity contribution in [2.24, 2.45) is 13.0 Å². The highest BCUT2D eigenvalue weighted by Crippen LogP contribution is 2.47. The van der Waals surface area contributed by atoms with Gasteiger partial charge in [0.15, 0.2) is 6.10 Å². The molecule has 9 heteroatoms. The summed E-state index contributed by atoms with van der Waals surface area (Å²) < 4.78 is 33.6. The minimum absolute atomic E-state index is 0.127. The lowest BCUT2D eigenvalue weighted by atomic mass is 10.1. The molecule has 1 aliphatic carbocycles. The van der Waals surface area contributed by atoms with Crippen LogP contribution in [0, 0.1) is 19.8 Å². The van der Waals surface area contributed by atoms with Crippen LogP contribution >= 0.6 is 0 Å². The molecule has 158 valence electrons. The van der Waals surface area contributed by atoms with Gasteiger partial charge in [-0.25, -0.2) is 13.8 Å². The second kappa shape index (κ2) is 8.06. The molecule has 4 rings (SSSR count). The van der Waals surface area contributed by atoms with Crippen LogP contribution in [0.1, 0.15) is 41.2 Å². The van der Waals surface area contributed by atoms with E-state index >= 15 is 0 Å². The number of pyridine rings is 1. The van der Waals surface area contributed by atoms with Crippen molar-refractivity contribution in [3.05, 3.63) is 53.5 Å². The van der Waals surface area contributed by atoms with E-state index in [1.165, 1.54) is 10.9 Å². The van der Waals surface area contributed by atoms with Gasteiger partial charge in [-0.05, 0) is 31.9 Å². The molecule has 1 saturated carbocycles. The van der Waals surface area contributed by atoms with Gasteiger partial charge in [0.2, 0.25) is 5.88 Å². The van der Waals surface area contributed by atoms with Gasteiger partial charge in [0.1, 0.15) is 11.5 Å². The van der Waals surface area contributed by atoms with Crippen LogP contribution in [0.2, 0.25) is 0 Å². The maximum atomic E-state index is 13.1. The summed E-state index contributed by atoms with van der Waals surface area (Å²) in [6, 6.07) is 4.08. The van der Waals surface area contributed by atoms with Crippen molar-refractivity contribution >= 4 is 0 Å². The van der Waals surface area contributed by atoms with Gasteiger partial charge >= 0.3 is 0 Å². The Morgan fingerprint density at radius 2 is 2.00 bits per heavy atom. The third kappa shape index (κ3) is 4.16. The Morgan fingerprint density at radius 1 is 1.20 bits per heavy atom. The predicted molar refractivity (Wildman–Crippen MR) is 105 cm³/mol. The molecule has 0 amide bonds. The van der Waals surface area contributed by atoms with Gasteiger partial charge in [-0.3, -0.25) is 9.67 Å². The number of aromatic nitrogens is 5. The number of hydrogen-bond donors (Lipinski definition) is 1. The summed E-state index contributed by atoms with van der Waals surface area (Å²) in [5.41, 5.74) is 2.79. The normalized spacial score (nSPS) is 19.2. The fraction of sp³-hybridized carbons (Fsp3) is 0.429. The number of rotatable bonds is 7. The molecule has 7 nitrogen and oxygen atoms in total. The second-order valence-electron chi connectivity index (χ2n) is 7.69. The monoisotopic (exact) mass is 415 g/mol. The van der Waals surface area contributed by atoms with Crippen molar-refractivity contribution in [3.63, 3.8) is 0 Å². The molecule has 3 aromatic heterocycles. The number of ether oxygens (including phenoxy) is 1. The molecule has 0 aliphatic heterocycles. The van der Waals surface area contributed by atoms with Crippen LogP contribution in [0.15, 0.2) is 30.7 Å². The largest absolute Gasteiger partial charge is 0.477 e. The summed E-state index contributed by atoms with van der Waals surface area (Å²) in [7, 11) is 1.60. The standard InChI is InChI=1S/C21H23F2N5O2/c1-11-4-5-17(25-7-11)14-6-13(14)10-30-21-15(8-24-12(2)26-21)16-9-28(3)27-18(16)19(29)20(22)23/h4-5,7-9,13-14,19-20,29H,6,10H2,1-3H3. The van der Waals surface area contributed by atoms with Crippen molar-refractivity contribution in [1.82, 2.24) is 24.7 Å². The Labute approximate surface area is 172 Å². The SMILES string of the molecule is Cc1ccc(C2CC2COc2nc(C)ncc2-c2cn(C)nc2C(O)C(F)F)nc1. The first-order valence-corrected chi connectivity index (χ1v) is 9.72. The number of aliphatic hydroxyl groups is 1. The molecule has 1 fully saturated rings. The lowest BCUT2D eigenvalue weighted by Crippen LogP contribution is -2.11. The smallest absolute Gasteiger partial charge is 0.269 e. The zero-order chi connectivity index (χ0) is 21.4. The van der Waals surface area contributed by atoms with Gasteiger partial charge in [0.05, 0.1) is 12.2 Å². The quantitative estimate of drug-likeness (QED) is 0.637. The molecule has 1 N–H and O–H groups in total. The zero-order valence-corrected chi connectivity index (χ0v) is 17.0. The van der Waals surface area contributed by atoms with Crippen molar-refractivity contribution < 1.29 is 18.6 Å². The number of alkyl halides is 2. The summed E-state index contributed by atoms with van der Waals surface area (Å²) in [6.07, 6.45) is 0.938. The van der Waals surface area contributed by atoms with E-state index in [0.717, 1.165) is 17.7 Å². The lowest BCUT2D eigenvalue weighted by Gasteiger charge is -2.13. The van der Waals surface area contributed by atoms with Crippen LogP contribution in [0.25, 0.3) is 11.1 Å². The topological polar surface area (TPSA) is 86.0 Å². The Kier molecular flexibility index (Phi) is 5.46. The number of aliphatic hydroxyl groups excluding tert-OH is 1. The van der Waals surface area contributed by atoms with Crippen LogP contribution in [-0.2, 0) is 7.05 Å². The highest BCUT2D eigenvalue weighted by molar-refractivity contribution is 5.70. The first-order chi connectivity index (χ1) is 14.3. The van der Waals surface area contributed by atoms with E-state index in [9.17, 15) is 13.9 Å². The van der Waals surface area contributed by atoms with Crippen molar-refractivity contribution in [2.45, 2.75) is 38.7 Å². The van der Waals surface area contributed by atoms with Crippen LogP contribution in [0.4, 0.5) is 8.78 Å². The van der Waals surface area contributed by atoms with Gasteiger partial charge in [0, 0.05) is 48.7 Å². The fourth-order valence-corrected chi connectivity index (χ4v) is 3.47. The van der Waals surface area contributed by atoms with Crippen molar-refractivity contribution in [3.8, 4) is 17.0 Å². The third-order valence-corrected chi connectivity index (χ3v) is 5.21. The third-order valence-electron chi connectivity index (χ3n) is 5.21. The average molecular weight is 415 g/mol. The highest BCUT2D eigenvalue weighted by Gasteiger charge is 2.40. The zero-order valence-electron chi connectivity index (χ0n) is 17.0. The summed E-state index contributed by atoms with van der Waals surface area (Å²) >= 11 is 0. The molecular formula is C21H23F2N5O2. The Hall–Kier alpha value is -2.94. The van der Waals surface area contributed by atoms with Gasteiger partial charge in [-0.15, -0.1) is 0 Å². The molecule has 30 heavy (non-hydrogen) atoms. The maximum absolute atomic E-state index is 13.1. The molecule has 0 aromatic carbocycles. The van der Waals surface area contributed by atoms with E-state index in [2.05, 4.69) is 20.1 Å². The molecule has 1 aliphatic rings. The highest BCUT2D eigenvalue weighted by atomic mass is 19.3. The number of nitrogens with zero attached hydrogens (tertiary/aromatic N) is 5. The van der Waals surface area contributed by atoms with Crippen LogP contribution in [-0.4, -0.2) is 42.9 Å². The number of halogens is 2. The maximum Gasteiger partial charge on any atom is 0.269 e. The molecule has 3 unspecified atom stereocenters. The van der Waals surface area contributed by atoms with E-state index in [-0.39, 0.29) is 5.69 Å². The average Bonchev–Trinajstić information content (AvgIpc) is 3.39. The van der Waals surface area contributed by atoms with Crippen LogP contribution in [0.3, 0.4) is 0 Å². The fourth-order valence-electron chi connectivity index (χ4n) is 3.47. The molecule has 3 heterocycles. The van der Waals surface area contributed by atoms with Gasteiger partial charge in [-0.1, -0.05) is 6.07 Å². The summed E-state index contributed by atoms with van der Waals surface area (Å²) in [5.74, 6) is 1.44. The minimum Gasteiger partial charge on any atom is -0.477 e. The summed E-state index contributed by atoms with van der Waals surface area (Å²) in [5, 5.41) is 13.9. The van der Waals surface area contributed by atoms with Gasteiger partial charge < -0.3 is 9.84 Å². The van der Waals surface area contributed by atoms with E-state index in [0.29, 0.717) is 41.3 Å². The molecular weight excluding hydrogens is 392 g/mol. The van der Waals surface area contributed by atoms with Crippen LogP contribution in [0.5, 0.6) is 5.88 Å². The van der Waals surface area contributed by atoms with E-state index in [4.69, 9.17) is 4.74 Å². The van der Waals surface area contributed by atoms with Gasteiger partial charge in [-0.2, -0.15) is 10.1 Å². The van der Waals surface area contributed by atoms with Crippen molar-refractivity contribution in [1.29, 1.82) is 0 Å². The first-order valence-electron chi connectivity index (χ1n) is 9.72. The van der Waals surface area contributed by atoms with Crippen LogP contribution < -0.4 is 4.74 Å².